The number of piperidine rings is 3. The highest BCUT2D eigenvalue weighted by molar-refractivity contribution is 5.83. The van der Waals surface area contributed by atoms with Gasteiger partial charge in [0.2, 0.25) is 5.56 Å². The first-order chi connectivity index (χ1) is 12.1. The molecule has 4 heterocycles. The molecule has 0 spiro atoms. The van der Waals surface area contributed by atoms with E-state index in [9.17, 15) is 9.90 Å². The Labute approximate surface area is 147 Å². The fourth-order valence-electron chi connectivity index (χ4n) is 4.81. The summed E-state index contributed by atoms with van der Waals surface area (Å²) >= 11 is 0. The Kier molecular flexibility index (Phi) is 4.29. The summed E-state index contributed by atoms with van der Waals surface area (Å²) in [6.07, 6.45) is 2.79. The van der Waals surface area contributed by atoms with Crippen molar-refractivity contribution >= 4 is 10.9 Å². The molecule has 5 atom stereocenters. The molecular formula is C20H26N2O3. The molecule has 2 bridgehead atoms. The zero-order valence-electron chi connectivity index (χ0n) is 14.9. The van der Waals surface area contributed by atoms with E-state index in [1.165, 1.54) is 12.8 Å². The predicted octanol–water partition coefficient (Wildman–Crippen LogP) is 2.69. The Bertz CT molecular complexity index is 831. The molecule has 3 fully saturated rings. The number of aliphatic hydroxyl groups excluding tert-OH is 1. The summed E-state index contributed by atoms with van der Waals surface area (Å²) in [4.78, 5) is 17.4. The van der Waals surface area contributed by atoms with Gasteiger partial charge in [0.1, 0.15) is 5.75 Å². The zero-order valence-corrected chi connectivity index (χ0v) is 14.9. The Morgan fingerprint density at radius 2 is 2.24 bits per heavy atom. The number of methoxy groups -OCH3 is 1. The van der Waals surface area contributed by atoms with Crippen molar-refractivity contribution in [1.29, 1.82) is 0 Å². The molecular weight excluding hydrogens is 316 g/mol. The standard InChI is InChI=1S/C20H26N2O3/c1-3-12-11-22-7-6-13(12)8-18(22)20(24)16-10-19(23)21-17-5-4-14(25-2)9-15(16)17/h4-5,9-10,12-13,18,20,24H,3,6-8,11H2,1-2H3,(H,21,23). The van der Waals surface area contributed by atoms with Gasteiger partial charge in [-0.25, -0.2) is 0 Å². The summed E-state index contributed by atoms with van der Waals surface area (Å²) in [5.41, 5.74) is 1.28. The number of hydrogen-bond acceptors (Lipinski definition) is 4. The smallest absolute Gasteiger partial charge is 0.248 e. The van der Waals surface area contributed by atoms with Crippen LogP contribution in [0.1, 0.15) is 37.9 Å². The van der Waals surface area contributed by atoms with Gasteiger partial charge in [-0.3, -0.25) is 9.69 Å². The van der Waals surface area contributed by atoms with Gasteiger partial charge in [0.25, 0.3) is 0 Å². The normalized spacial score (nSPS) is 29.7. The lowest BCUT2D eigenvalue weighted by molar-refractivity contribution is -0.0562. The van der Waals surface area contributed by atoms with Crippen molar-refractivity contribution in [3.05, 3.63) is 40.2 Å². The van der Waals surface area contributed by atoms with E-state index in [1.807, 2.05) is 18.2 Å². The van der Waals surface area contributed by atoms with Crippen LogP contribution in [0.5, 0.6) is 5.75 Å². The third kappa shape index (κ3) is 2.85. The number of ether oxygens (including phenoxy) is 1. The van der Waals surface area contributed by atoms with Gasteiger partial charge in [0, 0.05) is 29.6 Å². The second-order valence-corrected chi connectivity index (χ2v) is 7.46. The maximum absolute atomic E-state index is 12.1. The van der Waals surface area contributed by atoms with Crippen molar-refractivity contribution < 1.29 is 9.84 Å². The summed E-state index contributed by atoms with van der Waals surface area (Å²) in [7, 11) is 1.62. The number of rotatable bonds is 4. The Hall–Kier alpha value is -1.85. The summed E-state index contributed by atoms with van der Waals surface area (Å²) in [6, 6.07) is 7.21. The van der Waals surface area contributed by atoms with Gasteiger partial charge in [0.05, 0.1) is 13.2 Å². The first-order valence-electron chi connectivity index (χ1n) is 9.23. The second-order valence-electron chi connectivity index (χ2n) is 7.46. The number of nitrogens with zero attached hydrogens (tertiary/aromatic N) is 1. The van der Waals surface area contributed by atoms with Crippen LogP contribution in [0.25, 0.3) is 10.9 Å². The Morgan fingerprint density at radius 1 is 1.40 bits per heavy atom. The molecule has 2 aromatic rings. The van der Waals surface area contributed by atoms with E-state index in [2.05, 4.69) is 16.8 Å². The van der Waals surface area contributed by atoms with E-state index in [4.69, 9.17) is 4.74 Å². The van der Waals surface area contributed by atoms with Crippen LogP contribution in [0.4, 0.5) is 0 Å². The molecule has 1 aromatic carbocycles. The highest BCUT2D eigenvalue weighted by atomic mass is 16.5. The largest absolute Gasteiger partial charge is 0.497 e. The number of fused-ring (bicyclic) bond motifs is 4. The maximum atomic E-state index is 12.1. The van der Waals surface area contributed by atoms with Crippen LogP contribution in [-0.2, 0) is 0 Å². The SMILES string of the molecule is CCC1CN2CCC1CC2C(O)c1cc(=O)[nH]c2ccc(OC)cc12. The number of nitrogens with one attached hydrogen (secondary N) is 1. The lowest BCUT2D eigenvalue weighted by Gasteiger charge is -2.51. The fraction of sp³-hybridized carbons (Fsp3) is 0.550. The molecule has 0 aliphatic carbocycles. The average molecular weight is 342 g/mol. The molecule has 134 valence electrons. The van der Waals surface area contributed by atoms with Crippen LogP contribution in [-0.4, -0.2) is 41.2 Å². The summed E-state index contributed by atoms with van der Waals surface area (Å²) in [6.45, 7) is 4.37. The van der Waals surface area contributed by atoms with Crippen molar-refractivity contribution in [3.8, 4) is 5.75 Å². The van der Waals surface area contributed by atoms with Gasteiger partial charge in [-0.1, -0.05) is 13.3 Å². The number of hydrogen-bond donors (Lipinski definition) is 2. The molecule has 3 saturated heterocycles. The number of benzene rings is 1. The van der Waals surface area contributed by atoms with Crippen molar-refractivity contribution in [2.75, 3.05) is 20.2 Å². The molecule has 3 aliphatic heterocycles. The van der Waals surface area contributed by atoms with Crippen molar-refractivity contribution in [2.45, 2.75) is 38.3 Å². The molecule has 0 amide bonds. The third-order valence-electron chi connectivity index (χ3n) is 6.23. The van der Waals surface area contributed by atoms with Crippen LogP contribution < -0.4 is 10.3 Å². The molecule has 1 aromatic heterocycles. The average Bonchev–Trinajstić information content (AvgIpc) is 2.66. The molecule has 0 saturated carbocycles. The van der Waals surface area contributed by atoms with E-state index in [1.54, 1.807) is 13.2 Å². The van der Waals surface area contributed by atoms with Crippen LogP contribution >= 0.6 is 0 Å². The highest BCUT2D eigenvalue weighted by Crippen LogP contribution is 2.42. The third-order valence-corrected chi connectivity index (χ3v) is 6.23. The van der Waals surface area contributed by atoms with Gasteiger partial charge >= 0.3 is 0 Å². The summed E-state index contributed by atoms with van der Waals surface area (Å²) in [5.74, 6) is 2.16. The van der Waals surface area contributed by atoms with Gasteiger partial charge in [0.15, 0.2) is 0 Å². The van der Waals surface area contributed by atoms with Crippen LogP contribution in [0.15, 0.2) is 29.1 Å². The highest BCUT2D eigenvalue weighted by Gasteiger charge is 2.42. The minimum Gasteiger partial charge on any atom is -0.497 e. The van der Waals surface area contributed by atoms with Crippen molar-refractivity contribution in [3.63, 3.8) is 0 Å². The number of aliphatic hydroxyl groups is 1. The van der Waals surface area contributed by atoms with E-state index in [0.29, 0.717) is 11.5 Å². The molecule has 5 unspecified atom stereocenters. The molecule has 25 heavy (non-hydrogen) atoms. The van der Waals surface area contributed by atoms with Gasteiger partial charge in [-0.15, -0.1) is 0 Å². The summed E-state index contributed by atoms with van der Waals surface area (Å²) < 4.78 is 5.33. The first kappa shape index (κ1) is 16.6. The predicted molar refractivity (Wildman–Crippen MR) is 97.9 cm³/mol. The number of H-pyrrole nitrogens is 1. The molecule has 2 N–H and O–H groups in total. The van der Waals surface area contributed by atoms with Crippen molar-refractivity contribution in [2.24, 2.45) is 11.8 Å². The molecule has 3 aliphatic rings. The second kappa shape index (κ2) is 6.46. The topological polar surface area (TPSA) is 65.6 Å². The molecule has 0 radical (unpaired) electrons. The van der Waals surface area contributed by atoms with E-state index < -0.39 is 6.10 Å². The number of aromatic amines is 1. The lowest BCUT2D eigenvalue weighted by atomic mass is 9.72. The van der Waals surface area contributed by atoms with Crippen LogP contribution in [0.3, 0.4) is 0 Å². The lowest BCUT2D eigenvalue weighted by Crippen LogP contribution is -2.55. The maximum Gasteiger partial charge on any atom is 0.248 e. The van der Waals surface area contributed by atoms with Crippen molar-refractivity contribution in [1.82, 2.24) is 9.88 Å². The Balaban J connectivity index is 1.73. The number of pyridine rings is 1. The number of aromatic nitrogens is 1. The van der Waals surface area contributed by atoms with Crippen LogP contribution in [0, 0.1) is 11.8 Å². The molecule has 5 heteroatoms. The zero-order chi connectivity index (χ0) is 17.6. The van der Waals surface area contributed by atoms with E-state index >= 15 is 0 Å². The summed E-state index contributed by atoms with van der Waals surface area (Å²) in [5, 5.41) is 12.0. The van der Waals surface area contributed by atoms with Gasteiger partial charge in [-0.05, 0) is 55.0 Å². The monoisotopic (exact) mass is 342 g/mol. The van der Waals surface area contributed by atoms with E-state index in [0.717, 1.165) is 42.1 Å². The molecule has 5 rings (SSSR count). The fourth-order valence-corrected chi connectivity index (χ4v) is 4.81. The quantitative estimate of drug-likeness (QED) is 0.897. The van der Waals surface area contributed by atoms with Gasteiger partial charge in [-0.2, -0.15) is 0 Å². The molecule has 5 nitrogen and oxygen atoms in total. The van der Waals surface area contributed by atoms with E-state index in [-0.39, 0.29) is 11.6 Å². The van der Waals surface area contributed by atoms with Crippen LogP contribution in [0.2, 0.25) is 0 Å². The minimum absolute atomic E-state index is 0.0951. The van der Waals surface area contributed by atoms with Gasteiger partial charge < -0.3 is 14.8 Å². The first-order valence-corrected chi connectivity index (χ1v) is 9.23. The minimum atomic E-state index is -0.655. The Morgan fingerprint density at radius 3 is 2.92 bits per heavy atom.